The lowest BCUT2D eigenvalue weighted by molar-refractivity contribution is 0.0462. The number of fused-ring (bicyclic) bond motifs is 1. The molecule has 0 aliphatic carbocycles. The first-order valence-corrected chi connectivity index (χ1v) is 9.61. The molecule has 8 nitrogen and oxygen atoms in total. The Balaban J connectivity index is 1.51. The second-order valence-corrected chi connectivity index (χ2v) is 7.28. The van der Waals surface area contributed by atoms with Crippen LogP contribution in [0, 0.1) is 33.5 Å². The van der Waals surface area contributed by atoms with E-state index in [2.05, 4.69) is 15.1 Å². The predicted molar refractivity (Wildman–Crippen MR) is 110 cm³/mol. The summed E-state index contributed by atoms with van der Waals surface area (Å²) in [6.45, 7) is 6.82. The zero-order valence-electron chi connectivity index (χ0n) is 17.5. The van der Waals surface area contributed by atoms with Crippen LogP contribution >= 0.6 is 0 Å². The highest BCUT2D eigenvalue weighted by atomic mass is 19.1. The van der Waals surface area contributed by atoms with E-state index in [9.17, 15) is 14.0 Å². The maximum absolute atomic E-state index is 13.2. The van der Waals surface area contributed by atoms with E-state index in [0.29, 0.717) is 17.0 Å². The summed E-state index contributed by atoms with van der Waals surface area (Å²) in [5, 5.41) is 4.11. The van der Waals surface area contributed by atoms with Crippen LogP contribution in [0.3, 0.4) is 0 Å². The Morgan fingerprint density at radius 1 is 1.00 bits per heavy atom. The highest BCUT2D eigenvalue weighted by Crippen LogP contribution is 2.21. The second-order valence-electron chi connectivity index (χ2n) is 7.28. The molecule has 3 aromatic heterocycles. The predicted octanol–water partition coefficient (Wildman–Crippen LogP) is 3.33. The fourth-order valence-corrected chi connectivity index (χ4v) is 3.56. The molecule has 0 aliphatic heterocycles. The lowest BCUT2D eigenvalue weighted by Gasteiger charge is -2.09. The molecule has 31 heavy (non-hydrogen) atoms. The molecule has 0 saturated heterocycles. The number of aryl methyl sites for hydroxylation is 3. The topological polar surface area (TPSA) is 91.4 Å². The zero-order valence-corrected chi connectivity index (χ0v) is 17.5. The summed E-state index contributed by atoms with van der Waals surface area (Å²) in [6.07, 6.45) is 0. The Hall–Kier alpha value is -3.88. The van der Waals surface area contributed by atoms with E-state index in [1.54, 1.807) is 25.1 Å². The number of nitrogens with zero attached hydrogens (tertiary/aromatic N) is 5. The van der Waals surface area contributed by atoms with Crippen molar-refractivity contribution in [1.82, 2.24) is 24.1 Å². The summed E-state index contributed by atoms with van der Waals surface area (Å²) in [5.74, 6) is -1.37. The number of esters is 1. The molecule has 1 aromatic carbocycles. The first kappa shape index (κ1) is 20.4. The van der Waals surface area contributed by atoms with Gasteiger partial charge in [-0.05, 0) is 64.1 Å². The van der Waals surface area contributed by atoms with Crippen LogP contribution in [0.4, 0.5) is 4.39 Å². The fraction of sp³-hybridized carbons (Fsp3) is 0.227. The van der Waals surface area contributed by atoms with Crippen LogP contribution < -0.4 is 0 Å². The molecule has 0 atom stereocenters. The molecule has 0 amide bonds. The zero-order chi connectivity index (χ0) is 22.3. The van der Waals surface area contributed by atoms with Gasteiger partial charge in [0, 0.05) is 34.0 Å². The van der Waals surface area contributed by atoms with E-state index in [1.165, 1.54) is 16.6 Å². The number of Topliss-reactive ketones (excluding diaryl/α,β-unsaturated/α-hetero) is 1. The molecular weight excluding hydrogens is 401 g/mol. The highest BCUT2D eigenvalue weighted by Gasteiger charge is 2.21. The minimum Gasteiger partial charge on any atom is -0.451 e. The van der Waals surface area contributed by atoms with Crippen LogP contribution in [-0.4, -0.2) is 42.5 Å². The fourth-order valence-electron chi connectivity index (χ4n) is 3.56. The van der Waals surface area contributed by atoms with Gasteiger partial charge in [0.15, 0.2) is 6.61 Å². The summed E-state index contributed by atoms with van der Waals surface area (Å²) in [5.41, 5.74) is 4.16. The van der Waals surface area contributed by atoms with E-state index < -0.39 is 12.6 Å². The van der Waals surface area contributed by atoms with Crippen LogP contribution in [0.5, 0.6) is 0 Å². The van der Waals surface area contributed by atoms with Gasteiger partial charge in [-0.25, -0.2) is 18.7 Å². The van der Waals surface area contributed by atoms with Crippen molar-refractivity contribution in [3.63, 3.8) is 0 Å². The number of aromatic nitrogens is 5. The molecule has 0 bridgehead atoms. The smallest absolute Gasteiger partial charge is 0.378 e. The number of ether oxygens (including phenoxy) is 1. The summed E-state index contributed by atoms with van der Waals surface area (Å²) in [7, 11) is 0. The lowest BCUT2D eigenvalue weighted by Crippen LogP contribution is -2.16. The van der Waals surface area contributed by atoms with Crippen LogP contribution in [-0.2, 0) is 4.74 Å². The third-order valence-electron chi connectivity index (χ3n) is 4.95. The number of hydrogen-bond acceptors (Lipinski definition) is 6. The average Bonchev–Trinajstić information content (AvgIpc) is 3.28. The number of ketones is 1. The molecule has 9 heteroatoms. The van der Waals surface area contributed by atoms with E-state index in [4.69, 9.17) is 4.74 Å². The molecule has 0 aliphatic rings. The Morgan fingerprint density at radius 2 is 1.71 bits per heavy atom. The van der Waals surface area contributed by atoms with Crippen molar-refractivity contribution < 1.29 is 18.7 Å². The standard InChI is InChI=1S/C22H20FN5O3/c1-12-9-14(3)28-22(24-12)25-20(26-28)21(30)31-11-19(29)18-10-13(2)27(15(18)4)17-7-5-16(23)6-8-17/h5-10H,11H2,1-4H3. The third-order valence-corrected chi connectivity index (χ3v) is 4.95. The van der Waals surface area contributed by atoms with Crippen molar-refractivity contribution in [3.8, 4) is 5.69 Å². The van der Waals surface area contributed by atoms with Crippen molar-refractivity contribution in [1.29, 1.82) is 0 Å². The minimum absolute atomic E-state index is 0.161. The first-order valence-electron chi connectivity index (χ1n) is 9.61. The van der Waals surface area contributed by atoms with E-state index >= 15 is 0 Å². The Kier molecular flexibility index (Phi) is 5.10. The van der Waals surface area contributed by atoms with Crippen molar-refractivity contribution in [2.24, 2.45) is 0 Å². The van der Waals surface area contributed by atoms with Gasteiger partial charge in [-0.3, -0.25) is 4.79 Å². The van der Waals surface area contributed by atoms with Gasteiger partial charge >= 0.3 is 5.97 Å². The molecule has 0 radical (unpaired) electrons. The van der Waals surface area contributed by atoms with Gasteiger partial charge in [-0.1, -0.05) is 0 Å². The number of carbonyl (C=O) groups is 2. The van der Waals surface area contributed by atoms with E-state index in [-0.39, 0.29) is 17.4 Å². The van der Waals surface area contributed by atoms with Crippen LogP contribution in [0.1, 0.15) is 43.8 Å². The minimum atomic E-state index is -0.803. The summed E-state index contributed by atoms with van der Waals surface area (Å²) in [4.78, 5) is 33.4. The molecule has 0 N–H and O–H groups in total. The van der Waals surface area contributed by atoms with Gasteiger partial charge in [-0.15, -0.1) is 5.10 Å². The van der Waals surface area contributed by atoms with Crippen LogP contribution in [0.15, 0.2) is 36.4 Å². The van der Waals surface area contributed by atoms with Crippen LogP contribution in [0.2, 0.25) is 0 Å². The monoisotopic (exact) mass is 421 g/mol. The van der Waals surface area contributed by atoms with Crippen molar-refractivity contribution in [2.45, 2.75) is 27.7 Å². The number of rotatable bonds is 5. The van der Waals surface area contributed by atoms with Gasteiger partial charge in [0.25, 0.3) is 11.6 Å². The van der Waals surface area contributed by atoms with Gasteiger partial charge < -0.3 is 9.30 Å². The normalized spacial score (nSPS) is 11.1. The van der Waals surface area contributed by atoms with E-state index in [1.807, 2.05) is 31.4 Å². The second kappa shape index (κ2) is 7.75. The molecule has 0 saturated carbocycles. The van der Waals surface area contributed by atoms with Crippen LogP contribution in [0.25, 0.3) is 11.5 Å². The molecule has 0 fully saturated rings. The molecule has 4 rings (SSSR count). The maximum Gasteiger partial charge on any atom is 0.378 e. The highest BCUT2D eigenvalue weighted by molar-refractivity contribution is 6.00. The maximum atomic E-state index is 13.2. The SMILES string of the molecule is Cc1cc(C)n2nc(C(=O)OCC(=O)c3cc(C)n(-c4ccc(F)cc4)c3C)nc2n1. The number of hydrogen-bond donors (Lipinski definition) is 0. The molecule has 158 valence electrons. The lowest BCUT2D eigenvalue weighted by atomic mass is 10.1. The average molecular weight is 421 g/mol. The number of benzene rings is 1. The van der Waals surface area contributed by atoms with Gasteiger partial charge in [0.05, 0.1) is 0 Å². The van der Waals surface area contributed by atoms with Crippen molar-refractivity contribution in [2.75, 3.05) is 6.61 Å². The Labute approximate surface area is 177 Å². The largest absolute Gasteiger partial charge is 0.451 e. The molecule has 4 aromatic rings. The third kappa shape index (κ3) is 3.81. The molecule has 0 unspecified atom stereocenters. The van der Waals surface area contributed by atoms with Crippen molar-refractivity contribution >= 4 is 17.5 Å². The summed E-state index contributed by atoms with van der Waals surface area (Å²) < 4.78 is 21.7. The first-order chi connectivity index (χ1) is 14.7. The van der Waals surface area contributed by atoms with Crippen molar-refractivity contribution in [3.05, 3.63) is 76.4 Å². The van der Waals surface area contributed by atoms with E-state index in [0.717, 1.165) is 22.8 Å². The van der Waals surface area contributed by atoms with Gasteiger partial charge in [0.1, 0.15) is 5.82 Å². The molecule has 3 heterocycles. The summed E-state index contributed by atoms with van der Waals surface area (Å²) in [6, 6.07) is 9.52. The van der Waals surface area contributed by atoms with Gasteiger partial charge in [0.2, 0.25) is 5.78 Å². The molecule has 0 spiro atoms. The Bertz CT molecular complexity index is 1320. The summed E-state index contributed by atoms with van der Waals surface area (Å²) >= 11 is 0. The molecular formula is C22H20FN5O3. The van der Waals surface area contributed by atoms with Gasteiger partial charge in [-0.2, -0.15) is 4.98 Å². The number of carbonyl (C=O) groups excluding carboxylic acids is 2. The quantitative estimate of drug-likeness (QED) is 0.363. The number of halogens is 1. The Morgan fingerprint density at radius 3 is 2.42 bits per heavy atom.